The highest BCUT2D eigenvalue weighted by molar-refractivity contribution is 5.91. The second-order valence-corrected chi connectivity index (χ2v) is 7.90. The molecule has 1 N–H and O–H groups in total. The zero-order valence-corrected chi connectivity index (χ0v) is 16.8. The van der Waals surface area contributed by atoms with Gasteiger partial charge in [-0.15, -0.1) is 0 Å². The first-order chi connectivity index (χ1) is 14.5. The average Bonchev–Trinajstić information content (AvgIpc) is 2.77. The Kier molecular flexibility index (Phi) is 6.23. The Morgan fingerprint density at radius 2 is 1.77 bits per heavy atom. The summed E-state index contributed by atoms with van der Waals surface area (Å²) in [6, 6.07) is 16.3. The van der Waals surface area contributed by atoms with E-state index in [1.165, 1.54) is 24.5 Å². The maximum absolute atomic E-state index is 12.9. The third-order valence-corrected chi connectivity index (χ3v) is 5.90. The van der Waals surface area contributed by atoms with Crippen LogP contribution < -0.4 is 5.32 Å². The van der Waals surface area contributed by atoms with Gasteiger partial charge in [0.2, 0.25) is 0 Å². The number of halogens is 3. The molecule has 1 saturated heterocycles. The van der Waals surface area contributed by atoms with Crippen molar-refractivity contribution in [3.05, 3.63) is 71.9 Å². The van der Waals surface area contributed by atoms with E-state index in [4.69, 9.17) is 0 Å². The summed E-state index contributed by atoms with van der Waals surface area (Å²) in [5.41, 5.74) is 1.96. The van der Waals surface area contributed by atoms with Crippen LogP contribution in [0.1, 0.15) is 36.3 Å². The van der Waals surface area contributed by atoms with E-state index < -0.39 is 11.7 Å². The second-order valence-electron chi connectivity index (χ2n) is 7.90. The van der Waals surface area contributed by atoms with Gasteiger partial charge in [0, 0.05) is 23.8 Å². The summed E-state index contributed by atoms with van der Waals surface area (Å²) >= 11 is 0. The summed E-state index contributed by atoms with van der Waals surface area (Å²) in [6.45, 7) is 4.02. The smallest absolute Gasteiger partial charge is 0.384 e. The number of nitrogens with zero attached hydrogens (tertiary/aromatic N) is 2. The molecular formula is C24H26F3N3. The van der Waals surface area contributed by atoms with Gasteiger partial charge in [-0.2, -0.15) is 13.2 Å². The molecule has 0 saturated carbocycles. The molecule has 158 valence electrons. The number of hydrogen-bond acceptors (Lipinski definition) is 3. The fraction of sp³-hybridized carbons (Fsp3) is 0.375. The zero-order valence-electron chi connectivity index (χ0n) is 16.8. The maximum Gasteiger partial charge on any atom is 0.416 e. The third kappa shape index (κ3) is 4.93. The van der Waals surface area contributed by atoms with Gasteiger partial charge in [-0.1, -0.05) is 36.4 Å². The Bertz CT molecular complexity index is 964. The van der Waals surface area contributed by atoms with Crippen molar-refractivity contribution in [3.8, 4) is 0 Å². The monoisotopic (exact) mass is 413 g/mol. The van der Waals surface area contributed by atoms with E-state index in [0.29, 0.717) is 16.8 Å². The van der Waals surface area contributed by atoms with Gasteiger partial charge in [-0.3, -0.25) is 4.98 Å². The number of anilines is 1. The number of likely N-dealkylation sites (tertiary alicyclic amines) is 1. The predicted molar refractivity (Wildman–Crippen MR) is 115 cm³/mol. The largest absolute Gasteiger partial charge is 0.416 e. The van der Waals surface area contributed by atoms with Crippen LogP contribution in [-0.4, -0.2) is 36.1 Å². The van der Waals surface area contributed by atoms with Gasteiger partial charge in [0.25, 0.3) is 0 Å². The number of rotatable bonds is 6. The zero-order chi connectivity index (χ0) is 21.0. The number of aromatic nitrogens is 1. The molecular weight excluding hydrogens is 387 g/mol. The minimum absolute atomic E-state index is 0.359. The van der Waals surface area contributed by atoms with E-state index >= 15 is 0 Å². The second kappa shape index (κ2) is 9.04. The molecule has 0 aliphatic carbocycles. The van der Waals surface area contributed by atoms with Crippen molar-refractivity contribution in [3.63, 3.8) is 0 Å². The van der Waals surface area contributed by atoms with E-state index in [1.54, 1.807) is 6.20 Å². The third-order valence-electron chi connectivity index (χ3n) is 5.90. The summed E-state index contributed by atoms with van der Waals surface area (Å²) in [7, 11) is 0. The van der Waals surface area contributed by atoms with Crippen molar-refractivity contribution in [2.24, 2.45) is 0 Å². The van der Waals surface area contributed by atoms with E-state index in [2.05, 4.69) is 45.5 Å². The van der Waals surface area contributed by atoms with E-state index in [-0.39, 0.29) is 0 Å². The molecule has 2 aromatic carbocycles. The van der Waals surface area contributed by atoms with Crippen LogP contribution in [0.2, 0.25) is 0 Å². The molecule has 4 rings (SSSR count). The molecule has 0 spiro atoms. The first-order valence-electron chi connectivity index (χ1n) is 10.5. The van der Waals surface area contributed by atoms with Gasteiger partial charge in [0.1, 0.15) is 0 Å². The predicted octanol–water partition coefficient (Wildman–Crippen LogP) is 5.94. The highest BCUT2D eigenvalue weighted by Gasteiger charge is 2.30. The van der Waals surface area contributed by atoms with Gasteiger partial charge in [0.15, 0.2) is 0 Å². The molecule has 0 radical (unpaired) electrons. The topological polar surface area (TPSA) is 28.2 Å². The molecule has 0 bridgehead atoms. The summed E-state index contributed by atoms with van der Waals surface area (Å²) in [6.07, 6.45) is 0.564. The van der Waals surface area contributed by atoms with Crippen molar-refractivity contribution >= 4 is 16.6 Å². The lowest BCUT2D eigenvalue weighted by Crippen LogP contribution is -2.34. The number of nitrogens with one attached hydrogen (secondary N) is 1. The molecule has 3 nitrogen and oxygen atoms in total. The summed E-state index contributed by atoms with van der Waals surface area (Å²) < 4.78 is 38.7. The number of fused-ring (bicyclic) bond motifs is 1. The highest BCUT2D eigenvalue weighted by atomic mass is 19.4. The van der Waals surface area contributed by atoms with Crippen LogP contribution in [0, 0.1) is 0 Å². The quantitative estimate of drug-likeness (QED) is 0.507. The molecule has 30 heavy (non-hydrogen) atoms. The Morgan fingerprint density at radius 1 is 1.00 bits per heavy atom. The Balaban J connectivity index is 1.26. The van der Waals surface area contributed by atoms with Crippen molar-refractivity contribution in [2.75, 3.05) is 31.5 Å². The molecule has 2 heterocycles. The lowest BCUT2D eigenvalue weighted by atomic mass is 9.89. The number of benzene rings is 2. The van der Waals surface area contributed by atoms with Gasteiger partial charge in [0.05, 0.1) is 11.1 Å². The molecule has 0 unspecified atom stereocenters. The van der Waals surface area contributed by atoms with Gasteiger partial charge >= 0.3 is 6.18 Å². The van der Waals surface area contributed by atoms with E-state index in [1.807, 2.05) is 6.07 Å². The molecule has 1 aliphatic rings. The molecule has 1 aromatic heterocycles. The van der Waals surface area contributed by atoms with Crippen molar-refractivity contribution in [2.45, 2.75) is 31.4 Å². The standard InChI is InChI=1S/C24H26F3N3/c25-24(26,27)20-7-8-21-22(9-13-29-23(21)17-20)28-12-4-14-30-15-10-19(11-16-30)18-5-2-1-3-6-18/h1-3,5-9,13,17,19H,4,10-12,14-16H2,(H,28,29). The number of hydrogen-bond donors (Lipinski definition) is 1. The van der Waals surface area contributed by atoms with Crippen LogP contribution in [0.25, 0.3) is 10.9 Å². The molecule has 0 amide bonds. The lowest BCUT2D eigenvalue weighted by Gasteiger charge is -2.32. The fourth-order valence-electron chi connectivity index (χ4n) is 4.22. The fourth-order valence-corrected chi connectivity index (χ4v) is 4.22. The average molecular weight is 413 g/mol. The molecule has 1 aliphatic heterocycles. The van der Waals surface area contributed by atoms with Crippen LogP contribution in [0.3, 0.4) is 0 Å². The van der Waals surface area contributed by atoms with Gasteiger partial charge in [-0.25, -0.2) is 0 Å². The highest BCUT2D eigenvalue weighted by Crippen LogP contribution is 2.32. The number of alkyl halides is 3. The Morgan fingerprint density at radius 3 is 2.50 bits per heavy atom. The van der Waals surface area contributed by atoms with Crippen LogP contribution >= 0.6 is 0 Å². The molecule has 3 aromatic rings. The first kappa shape index (κ1) is 20.7. The summed E-state index contributed by atoms with van der Waals surface area (Å²) in [5.74, 6) is 0.658. The van der Waals surface area contributed by atoms with Crippen molar-refractivity contribution in [1.82, 2.24) is 9.88 Å². The molecule has 0 atom stereocenters. The van der Waals surface area contributed by atoms with Crippen LogP contribution in [-0.2, 0) is 6.18 Å². The normalized spacial score (nSPS) is 16.1. The van der Waals surface area contributed by atoms with Gasteiger partial charge in [-0.05, 0) is 68.6 Å². The van der Waals surface area contributed by atoms with Gasteiger partial charge < -0.3 is 10.2 Å². The van der Waals surface area contributed by atoms with Crippen LogP contribution in [0.4, 0.5) is 18.9 Å². The summed E-state index contributed by atoms with van der Waals surface area (Å²) in [4.78, 5) is 6.60. The minimum Gasteiger partial charge on any atom is -0.384 e. The Labute approximate surface area is 174 Å². The maximum atomic E-state index is 12.9. The first-order valence-corrected chi connectivity index (χ1v) is 10.5. The molecule has 1 fully saturated rings. The minimum atomic E-state index is -4.35. The SMILES string of the molecule is FC(F)(F)c1ccc2c(NCCCN3CCC(c4ccccc4)CC3)ccnc2c1. The summed E-state index contributed by atoms with van der Waals surface area (Å²) in [5, 5.41) is 4.09. The van der Waals surface area contributed by atoms with Crippen molar-refractivity contribution < 1.29 is 13.2 Å². The number of pyridine rings is 1. The Hall–Kier alpha value is -2.60. The molecule has 6 heteroatoms. The van der Waals surface area contributed by atoms with Crippen molar-refractivity contribution in [1.29, 1.82) is 0 Å². The van der Waals surface area contributed by atoms with E-state index in [9.17, 15) is 13.2 Å². The van der Waals surface area contributed by atoms with Crippen LogP contribution in [0.5, 0.6) is 0 Å². The number of piperidine rings is 1. The lowest BCUT2D eigenvalue weighted by molar-refractivity contribution is -0.137. The van der Waals surface area contributed by atoms with E-state index in [0.717, 1.165) is 50.4 Å². The van der Waals surface area contributed by atoms with Crippen LogP contribution in [0.15, 0.2) is 60.8 Å².